The zero-order chi connectivity index (χ0) is 23.4. The molecule has 0 amide bonds. The molecule has 0 fully saturated rings. The highest BCUT2D eigenvalue weighted by Gasteiger charge is 2.20. The van der Waals surface area contributed by atoms with Gasteiger partial charge in [0.05, 0.1) is 7.11 Å². The normalized spacial score (nSPS) is 10.7. The summed E-state index contributed by atoms with van der Waals surface area (Å²) in [5.41, 5.74) is 8.41. The van der Waals surface area contributed by atoms with Gasteiger partial charge in [-0.1, -0.05) is 30.3 Å². The van der Waals surface area contributed by atoms with Crippen LogP contribution in [0.5, 0.6) is 23.3 Å². The van der Waals surface area contributed by atoms with Crippen LogP contribution in [-0.2, 0) is 11.3 Å². The van der Waals surface area contributed by atoms with Crippen LogP contribution in [0.4, 0.5) is 8.78 Å². The molecule has 0 saturated carbocycles. The van der Waals surface area contributed by atoms with Crippen molar-refractivity contribution in [2.75, 3.05) is 7.11 Å². The smallest absolute Gasteiger partial charge is 0.351 e. The number of esters is 1. The maximum atomic E-state index is 14.4. The lowest BCUT2D eigenvalue weighted by Crippen LogP contribution is -2.02. The summed E-state index contributed by atoms with van der Waals surface area (Å²) >= 11 is 1.06. The van der Waals surface area contributed by atoms with E-state index in [1.165, 1.54) is 13.2 Å². The Morgan fingerprint density at radius 2 is 1.67 bits per heavy atom. The van der Waals surface area contributed by atoms with Crippen LogP contribution >= 0.6 is 11.3 Å². The van der Waals surface area contributed by atoms with Gasteiger partial charge in [0, 0.05) is 12.6 Å². The number of benzene rings is 2. The molecule has 0 atom stereocenters. The molecule has 168 valence electrons. The molecule has 0 spiro atoms. The highest BCUT2D eigenvalue weighted by Crippen LogP contribution is 2.34. The van der Waals surface area contributed by atoms with E-state index in [9.17, 15) is 13.6 Å². The number of hydrogen-bond acceptors (Lipinski definition) is 7. The molecule has 4 rings (SSSR count). The molecule has 9 heteroatoms. The molecule has 2 heterocycles. The molecule has 0 bridgehead atoms. The van der Waals surface area contributed by atoms with Crippen LogP contribution in [0.25, 0.3) is 11.1 Å². The maximum absolute atomic E-state index is 14.4. The number of ether oxygens (including phenoxy) is 3. The van der Waals surface area contributed by atoms with Gasteiger partial charge in [-0.2, -0.15) is 4.98 Å². The van der Waals surface area contributed by atoms with Crippen LogP contribution in [-0.4, -0.2) is 18.1 Å². The van der Waals surface area contributed by atoms with Gasteiger partial charge in [-0.3, -0.25) is 0 Å². The van der Waals surface area contributed by atoms with E-state index < -0.39 is 29.4 Å². The number of thiophene rings is 1. The summed E-state index contributed by atoms with van der Waals surface area (Å²) in [5, 5.41) is 1.57. The first-order chi connectivity index (χ1) is 16.0. The van der Waals surface area contributed by atoms with Crippen molar-refractivity contribution in [3.8, 4) is 34.4 Å². The van der Waals surface area contributed by atoms with Crippen LogP contribution in [0.1, 0.15) is 15.2 Å². The van der Waals surface area contributed by atoms with Crippen LogP contribution in [0.3, 0.4) is 0 Å². The van der Waals surface area contributed by atoms with E-state index in [0.29, 0.717) is 18.4 Å². The maximum Gasteiger partial charge on any atom is 0.351 e. The average molecular weight is 468 g/mol. The average Bonchev–Trinajstić information content (AvgIpc) is 3.30. The van der Waals surface area contributed by atoms with E-state index in [1.54, 1.807) is 23.6 Å². The molecule has 0 saturated heterocycles. The minimum Gasteiger partial charge on any atom is -0.465 e. The van der Waals surface area contributed by atoms with Gasteiger partial charge in [0.1, 0.15) is 5.75 Å². The summed E-state index contributed by atoms with van der Waals surface area (Å²) < 4.78 is 44.4. The van der Waals surface area contributed by atoms with Crippen LogP contribution in [0, 0.1) is 11.6 Å². The monoisotopic (exact) mass is 468 g/mol. The van der Waals surface area contributed by atoms with E-state index in [2.05, 4.69) is 9.72 Å². The van der Waals surface area contributed by atoms with Crippen molar-refractivity contribution in [1.29, 1.82) is 0 Å². The molecular weight excluding hydrogens is 450 g/mol. The number of nitrogens with zero attached hydrogens (tertiary/aromatic N) is 1. The molecule has 6 nitrogen and oxygen atoms in total. The lowest BCUT2D eigenvalue weighted by Gasteiger charge is -2.11. The number of methoxy groups -OCH3 is 1. The fourth-order valence-corrected chi connectivity index (χ4v) is 3.76. The van der Waals surface area contributed by atoms with Gasteiger partial charge in [0.2, 0.25) is 0 Å². The van der Waals surface area contributed by atoms with Crippen molar-refractivity contribution in [2.45, 2.75) is 6.54 Å². The van der Waals surface area contributed by atoms with Crippen LogP contribution in [0.2, 0.25) is 0 Å². The second-order valence-electron chi connectivity index (χ2n) is 6.80. The van der Waals surface area contributed by atoms with E-state index >= 15 is 0 Å². The lowest BCUT2D eigenvalue weighted by atomic mass is 10.0. The predicted molar refractivity (Wildman–Crippen MR) is 120 cm³/mol. The molecule has 2 aromatic heterocycles. The molecule has 0 unspecified atom stereocenters. The second-order valence-corrected chi connectivity index (χ2v) is 7.72. The van der Waals surface area contributed by atoms with Gasteiger partial charge in [-0.05, 0) is 46.3 Å². The first kappa shape index (κ1) is 22.4. The number of pyridine rings is 1. The van der Waals surface area contributed by atoms with E-state index in [0.717, 1.165) is 28.0 Å². The standard InChI is InChI=1S/C24H18F2N2O4S/c1-30-24(29)21-20(8-9-33-21)32-23-19(26)12-18(25)22(28-23)31-17-7-3-6-16(11-17)15-5-2-4-14(10-15)13-27/h2-12H,13,27H2,1H3. The van der Waals surface area contributed by atoms with Gasteiger partial charge in [0.25, 0.3) is 11.8 Å². The number of halogens is 2. The summed E-state index contributed by atoms with van der Waals surface area (Å²) in [6.45, 7) is 0.402. The van der Waals surface area contributed by atoms with Crippen LogP contribution < -0.4 is 15.2 Å². The highest BCUT2D eigenvalue weighted by atomic mass is 32.1. The van der Waals surface area contributed by atoms with Crippen molar-refractivity contribution in [1.82, 2.24) is 4.98 Å². The zero-order valence-corrected chi connectivity index (χ0v) is 18.2. The summed E-state index contributed by atoms with van der Waals surface area (Å²) in [5.74, 6) is -3.38. The third-order valence-electron chi connectivity index (χ3n) is 4.62. The minimum absolute atomic E-state index is 0.0394. The molecule has 2 N–H and O–H groups in total. The molecule has 0 aliphatic carbocycles. The predicted octanol–water partition coefficient (Wildman–Crippen LogP) is 5.92. The van der Waals surface area contributed by atoms with Gasteiger partial charge in [-0.25, -0.2) is 13.6 Å². The molecule has 0 radical (unpaired) electrons. The first-order valence-corrected chi connectivity index (χ1v) is 10.6. The van der Waals surface area contributed by atoms with Crippen LogP contribution in [0.15, 0.2) is 66.0 Å². The topological polar surface area (TPSA) is 83.7 Å². The third-order valence-corrected chi connectivity index (χ3v) is 5.49. The van der Waals surface area contributed by atoms with E-state index in [-0.39, 0.29) is 10.6 Å². The number of nitrogens with two attached hydrogens (primary N) is 1. The SMILES string of the molecule is COC(=O)c1sccc1Oc1nc(Oc2cccc(-c3cccc(CN)c3)c2)c(F)cc1F. The fourth-order valence-electron chi connectivity index (χ4n) is 3.03. The Labute approximate surface area is 192 Å². The molecule has 0 aliphatic heterocycles. The summed E-state index contributed by atoms with van der Waals surface area (Å²) in [6.07, 6.45) is 0. The molecule has 0 aliphatic rings. The van der Waals surface area contributed by atoms with Gasteiger partial charge in [0.15, 0.2) is 22.3 Å². The Balaban J connectivity index is 1.62. The van der Waals surface area contributed by atoms with Crippen molar-refractivity contribution in [3.05, 3.63) is 88.1 Å². The highest BCUT2D eigenvalue weighted by molar-refractivity contribution is 7.12. The number of aromatic nitrogens is 1. The number of carbonyl (C=O) groups excluding carboxylic acids is 1. The molecule has 4 aromatic rings. The summed E-state index contributed by atoms with van der Waals surface area (Å²) in [7, 11) is 1.22. The summed E-state index contributed by atoms with van der Waals surface area (Å²) in [4.78, 5) is 15.8. The van der Waals surface area contributed by atoms with Crippen molar-refractivity contribution < 1.29 is 27.8 Å². The van der Waals surface area contributed by atoms with E-state index in [1.807, 2.05) is 30.3 Å². The fraction of sp³-hybridized carbons (Fsp3) is 0.0833. The van der Waals surface area contributed by atoms with Gasteiger partial charge in [-0.15, -0.1) is 11.3 Å². The Bertz CT molecular complexity index is 1310. The zero-order valence-electron chi connectivity index (χ0n) is 17.4. The minimum atomic E-state index is -1.05. The Hall–Kier alpha value is -3.82. The Kier molecular flexibility index (Phi) is 6.62. The van der Waals surface area contributed by atoms with Gasteiger partial charge < -0.3 is 19.9 Å². The Morgan fingerprint density at radius 1 is 0.970 bits per heavy atom. The van der Waals surface area contributed by atoms with E-state index in [4.69, 9.17) is 15.2 Å². The summed E-state index contributed by atoms with van der Waals surface area (Å²) in [6, 6.07) is 16.7. The quantitative estimate of drug-likeness (QED) is 0.339. The number of rotatable bonds is 7. The largest absolute Gasteiger partial charge is 0.465 e. The number of carbonyl (C=O) groups is 1. The van der Waals surface area contributed by atoms with Crippen molar-refractivity contribution in [3.63, 3.8) is 0 Å². The lowest BCUT2D eigenvalue weighted by molar-refractivity contribution is 0.0603. The number of hydrogen-bond donors (Lipinski definition) is 1. The van der Waals surface area contributed by atoms with Crippen molar-refractivity contribution >= 4 is 17.3 Å². The molecule has 33 heavy (non-hydrogen) atoms. The third kappa shape index (κ3) is 5.00. The second kappa shape index (κ2) is 9.76. The van der Waals surface area contributed by atoms with Crippen molar-refractivity contribution in [2.24, 2.45) is 5.73 Å². The Morgan fingerprint density at radius 3 is 2.39 bits per heavy atom. The molecule has 2 aromatic carbocycles. The van der Waals surface area contributed by atoms with Gasteiger partial charge >= 0.3 is 5.97 Å². The first-order valence-electron chi connectivity index (χ1n) is 9.75. The molecular formula is C24H18F2N2O4S.